The summed E-state index contributed by atoms with van der Waals surface area (Å²) in [6, 6.07) is 7.25. The molecule has 3 aliphatic rings. The Kier molecular flexibility index (Phi) is 5.92. The molecular weight excluding hydrogens is 372 g/mol. The summed E-state index contributed by atoms with van der Waals surface area (Å²) < 4.78 is 27.3. The zero-order valence-corrected chi connectivity index (χ0v) is 17.5. The maximum atomic E-state index is 12.3. The Bertz CT molecular complexity index is 788. The number of hydrogen-bond acceptors (Lipinski definition) is 3. The van der Waals surface area contributed by atoms with Gasteiger partial charge in [0.05, 0.1) is 11.4 Å². The predicted molar refractivity (Wildman–Crippen MR) is 112 cm³/mol. The average molecular weight is 405 g/mol. The van der Waals surface area contributed by atoms with Crippen molar-refractivity contribution in [2.24, 2.45) is 16.8 Å². The molecule has 2 N–H and O–H groups in total. The molecule has 3 fully saturated rings. The normalized spacial score (nSPS) is 25.6. The molecule has 4 rings (SSSR count). The monoisotopic (exact) mass is 404 g/mol. The van der Waals surface area contributed by atoms with Crippen molar-refractivity contribution in [2.75, 3.05) is 19.6 Å². The van der Waals surface area contributed by atoms with Gasteiger partial charge < -0.3 is 10.2 Å². The summed E-state index contributed by atoms with van der Waals surface area (Å²) in [6.45, 7) is 5.74. The minimum absolute atomic E-state index is 0.126. The van der Waals surface area contributed by atoms with Gasteiger partial charge in [-0.3, -0.25) is 0 Å². The Morgan fingerprint density at radius 2 is 1.71 bits per heavy atom. The quantitative estimate of drug-likeness (QED) is 0.565. The van der Waals surface area contributed by atoms with Gasteiger partial charge in [0.25, 0.3) is 0 Å². The molecule has 0 spiro atoms. The van der Waals surface area contributed by atoms with Gasteiger partial charge in [-0.15, -0.1) is 0 Å². The van der Waals surface area contributed by atoms with Crippen LogP contribution >= 0.6 is 0 Å². The van der Waals surface area contributed by atoms with Crippen molar-refractivity contribution >= 4 is 16.0 Å². The van der Waals surface area contributed by atoms with Crippen molar-refractivity contribution in [1.82, 2.24) is 14.9 Å². The molecule has 7 heteroatoms. The van der Waals surface area contributed by atoms with Crippen LogP contribution in [0.3, 0.4) is 0 Å². The molecule has 6 nitrogen and oxygen atoms in total. The first-order valence-electron chi connectivity index (χ1n) is 10.7. The van der Waals surface area contributed by atoms with E-state index in [0.29, 0.717) is 11.4 Å². The Labute approximate surface area is 168 Å². The molecule has 0 bridgehead atoms. The van der Waals surface area contributed by atoms with Crippen molar-refractivity contribution in [3.8, 4) is 0 Å². The summed E-state index contributed by atoms with van der Waals surface area (Å²) in [5, 5.41) is 3.44. The smallest absolute Gasteiger partial charge is 0.240 e. The lowest BCUT2D eigenvalue weighted by Crippen LogP contribution is -2.40. The van der Waals surface area contributed by atoms with Gasteiger partial charge in [-0.2, -0.15) is 0 Å². The highest BCUT2D eigenvalue weighted by Crippen LogP contribution is 2.36. The standard InChI is InChI=1S/C21H32N4O2S/c1-2-22-21(25-14-17-5-3-4-6-18(17)15-25)23-13-16-7-11-20(12-8-16)28(26,27)24-19-9-10-19/h7-8,11-12,17-19,24H,2-6,9-10,13-15H2,1H3,(H,22,23). The molecule has 1 saturated heterocycles. The third-order valence-corrected chi connectivity index (χ3v) is 7.69. The summed E-state index contributed by atoms with van der Waals surface area (Å²) >= 11 is 0. The summed E-state index contributed by atoms with van der Waals surface area (Å²) in [5.41, 5.74) is 1.03. The largest absolute Gasteiger partial charge is 0.357 e. The number of benzene rings is 1. The van der Waals surface area contributed by atoms with E-state index in [1.165, 1.54) is 25.7 Å². The number of aliphatic imine (C=N–C) groups is 1. The van der Waals surface area contributed by atoms with Crippen LogP contribution in [0.25, 0.3) is 0 Å². The average Bonchev–Trinajstić information content (AvgIpc) is 3.39. The molecule has 1 aromatic rings. The van der Waals surface area contributed by atoms with Crippen molar-refractivity contribution in [2.45, 2.75) is 62.9 Å². The number of nitrogens with zero attached hydrogens (tertiary/aromatic N) is 2. The van der Waals surface area contributed by atoms with E-state index in [9.17, 15) is 8.42 Å². The van der Waals surface area contributed by atoms with Gasteiger partial charge >= 0.3 is 0 Å². The maximum absolute atomic E-state index is 12.3. The zero-order chi connectivity index (χ0) is 19.6. The van der Waals surface area contributed by atoms with Crippen LogP contribution in [0.1, 0.15) is 51.0 Å². The molecule has 0 radical (unpaired) electrons. The predicted octanol–water partition coefficient (Wildman–Crippen LogP) is 2.71. The van der Waals surface area contributed by atoms with Crippen molar-refractivity contribution < 1.29 is 8.42 Å². The lowest BCUT2D eigenvalue weighted by atomic mass is 9.82. The number of sulfonamides is 1. The van der Waals surface area contributed by atoms with Gasteiger partial charge in [-0.25, -0.2) is 18.1 Å². The molecule has 2 aliphatic carbocycles. The van der Waals surface area contributed by atoms with Crippen LogP contribution in [0.15, 0.2) is 34.2 Å². The van der Waals surface area contributed by atoms with E-state index in [0.717, 1.165) is 55.8 Å². The first-order chi connectivity index (χ1) is 13.5. The van der Waals surface area contributed by atoms with E-state index in [1.807, 2.05) is 12.1 Å². The summed E-state index contributed by atoms with van der Waals surface area (Å²) in [4.78, 5) is 7.60. The van der Waals surface area contributed by atoms with E-state index in [1.54, 1.807) is 12.1 Å². The van der Waals surface area contributed by atoms with Crippen molar-refractivity contribution in [3.63, 3.8) is 0 Å². The number of guanidine groups is 1. The molecule has 28 heavy (non-hydrogen) atoms. The first-order valence-corrected chi connectivity index (χ1v) is 12.2. The topological polar surface area (TPSA) is 73.8 Å². The van der Waals surface area contributed by atoms with Crippen molar-refractivity contribution in [3.05, 3.63) is 29.8 Å². The molecule has 2 saturated carbocycles. The number of hydrogen-bond donors (Lipinski definition) is 2. The summed E-state index contributed by atoms with van der Waals surface area (Å²) in [5.74, 6) is 2.63. The second kappa shape index (κ2) is 8.41. The van der Waals surface area contributed by atoms with Crippen LogP contribution in [-0.2, 0) is 16.6 Å². The van der Waals surface area contributed by atoms with E-state index < -0.39 is 10.0 Å². The van der Waals surface area contributed by atoms with Crippen LogP contribution in [0.5, 0.6) is 0 Å². The Balaban J connectivity index is 1.40. The molecule has 1 heterocycles. The Hall–Kier alpha value is -1.60. The Morgan fingerprint density at radius 1 is 1.07 bits per heavy atom. The van der Waals surface area contributed by atoms with Crippen molar-refractivity contribution in [1.29, 1.82) is 0 Å². The highest BCUT2D eigenvalue weighted by Gasteiger charge is 2.35. The number of nitrogens with one attached hydrogen (secondary N) is 2. The second-order valence-corrected chi connectivity index (χ2v) is 10.1. The second-order valence-electron chi connectivity index (χ2n) is 8.42. The maximum Gasteiger partial charge on any atom is 0.240 e. The van der Waals surface area contributed by atoms with Crippen LogP contribution < -0.4 is 10.0 Å². The van der Waals surface area contributed by atoms with Gasteiger partial charge in [0.1, 0.15) is 0 Å². The highest BCUT2D eigenvalue weighted by atomic mass is 32.2. The van der Waals surface area contributed by atoms with Crippen LogP contribution in [-0.4, -0.2) is 45.0 Å². The van der Waals surface area contributed by atoms with Gasteiger partial charge in [0.2, 0.25) is 10.0 Å². The van der Waals surface area contributed by atoms with Crippen LogP contribution in [0, 0.1) is 11.8 Å². The van der Waals surface area contributed by atoms with E-state index in [-0.39, 0.29) is 6.04 Å². The first kappa shape index (κ1) is 19.7. The van der Waals surface area contributed by atoms with Gasteiger partial charge in [0.15, 0.2) is 5.96 Å². The van der Waals surface area contributed by atoms with Gasteiger partial charge in [-0.1, -0.05) is 25.0 Å². The molecule has 0 aromatic heterocycles. The molecule has 1 aliphatic heterocycles. The SMILES string of the molecule is CCNC(=NCc1ccc(S(=O)(=O)NC2CC2)cc1)N1CC2CCCCC2C1. The fourth-order valence-corrected chi connectivity index (χ4v) is 5.74. The third-order valence-electron chi connectivity index (χ3n) is 6.15. The molecule has 1 aromatic carbocycles. The van der Waals surface area contributed by atoms with E-state index in [4.69, 9.17) is 4.99 Å². The van der Waals surface area contributed by atoms with E-state index in [2.05, 4.69) is 21.9 Å². The molecule has 154 valence electrons. The third kappa shape index (κ3) is 4.69. The molecule has 2 unspecified atom stereocenters. The molecule has 2 atom stereocenters. The highest BCUT2D eigenvalue weighted by molar-refractivity contribution is 7.89. The lowest BCUT2D eigenvalue weighted by Gasteiger charge is -2.22. The van der Waals surface area contributed by atoms with Crippen LogP contribution in [0.4, 0.5) is 0 Å². The molecular formula is C21H32N4O2S. The fraction of sp³-hybridized carbons (Fsp3) is 0.667. The van der Waals surface area contributed by atoms with E-state index >= 15 is 0 Å². The summed E-state index contributed by atoms with van der Waals surface area (Å²) in [6.07, 6.45) is 7.33. The minimum atomic E-state index is -3.39. The van der Waals surface area contributed by atoms with Gasteiger partial charge in [-0.05, 0) is 62.1 Å². The number of likely N-dealkylation sites (tertiary alicyclic amines) is 1. The summed E-state index contributed by atoms with van der Waals surface area (Å²) in [7, 11) is -3.39. The molecule has 0 amide bonds. The number of fused-ring (bicyclic) bond motifs is 1. The Morgan fingerprint density at radius 3 is 2.29 bits per heavy atom. The van der Waals surface area contributed by atoms with Gasteiger partial charge in [0, 0.05) is 25.7 Å². The zero-order valence-electron chi connectivity index (χ0n) is 16.7. The minimum Gasteiger partial charge on any atom is -0.357 e. The lowest BCUT2D eigenvalue weighted by molar-refractivity contribution is 0.299. The number of rotatable bonds is 6. The fourth-order valence-electron chi connectivity index (χ4n) is 4.43. The van der Waals surface area contributed by atoms with Crippen LogP contribution in [0.2, 0.25) is 0 Å².